The maximum atomic E-state index is 4.49. The zero-order valence-corrected chi connectivity index (χ0v) is 13.5. The molecule has 96 valence electrons. The first-order valence-electron chi connectivity index (χ1n) is 6.31. The van der Waals surface area contributed by atoms with Crippen LogP contribution in [0.15, 0.2) is 56.4 Å². The molecule has 0 aromatic heterocycles. The first-order valence-corrected chi connectivity index (χ1v) is 7.89. The van der Waals surface area contributed by atoms with Gasteiger partial charge >= 0.3 is 0 Å². The molecular formula is C16H13Br2N. The summed E-state index contributed by atoms with van der Waals surface area (Å²) in [5.74, 6) is 0.451. The van der Waals surface area contributed by atoms with Gasteiger partial charge in [0.05, 0.1) is 5.69 Å². The lowest BCUT2D eigenvalue weighted by Crippen LogP contribution is -1.99. The second-order valence-electron chi connectivity index (χ2n) is 4.72. The van der Waals surface area contributed by atoms with Crippen molar-refractivity contribution in [2.24, 2.45) is 4.99 Å². The molecule has 1 atom stereocenters. The summed E-state index contributed by atoms with van der Waals surface area (Å²) in [5.41, 5.74) is 3.83. The number of fused-ring (bicyclic) bond motifs is 1. The number of hydrogen-bond acceptors (Lipinski definition) is 1. The number of halogens is 2. The van der Waals surface area contributed by atoms with Crippen LogP contribution in [-0.4, -0.2) is 6.21 Å². The smallest absolute Gasteiger partial charge is 0.0664 e. The van der Waals surface area contributed by atoms with Gasteiger partial charge in [-0.05, 0) is 42.2 Å². The molecule has 0 amide bonds. The summed E-state index contributed by atoms with van der Waals surface area (Å²) in [6.45, 7) is 0. The predicted molar refractivity (Wildman–Crippen MR) is 87.5 cm³/mol. The minimum atomic E-state index is 0.451. The molecule has 0 spiro atoms. The lowest BCUT2D eigenvalue weighted by molar-refractivity contribution is 0.784. The van der Waals surface area contributed by atoms with Crippen molar-refractivity contribution in [1.82, 2.24) is 0 Å². The molecule has 0 aliphatic carbocycles. The van der Waals surface area contributed by atoms with E-state index in [0.29, 0.717) is 5.92 Å². The topological polar surface area (TPSA) is 12.4 Å². The van der Waals surface area contributed by atoms with Crippen LogP contribution in [0.1, 0.15) is 23.5 Å². The van der Waals surface area contributed by atoms with Crippen molar-refractivity contribution < 1.29 is 0 Å². The highest BCUT2D eigenvalue weighted by Crippen LogP contribution is 2.35. The average Bonchev–Trinajstić information content (AvgIpc) is 2.81. The number of aryl methyl sites for hydroxylation is 1. The molecule has 0 bridgehead atoms. The van der Waals surface area contributed by atoms with Crippen molar-refractivity contribution in [3.05, 3.63) is 62.5 Å². The van der Waals surface area contributed by atoms with E-state index in [9.17, 15) is 0 Å². The Balaban J connectivity index is 1.73. The molecule has 2 aromatic carbocycles. The van der Waals surface area contributed by atoms with Gasteiger partial charge in [0.15, 0.2) is 0 Å². The molecule has 1 unspecified atom stereocenters. The molecule has 1 aliphatic rings. The number of rotatable bonds is 3. The van der Waals surface area contributed by atoms with Crippen LogP contribution < -0.4 is 0 Å². The van der Waals surface area contributed by atoms with E-state index in [1.165, 1.54) is 15.6 Å². The molecule has 0 N–H and O–H groups in total. The van der Waals surface area contributed by atoms with Gasteiger partial charge in [-0.25, -0.2) is 0 Å². The SMILES string of the molecule is Brc1ccc(CCC2C=Nc3ccccc32)c(Br)c1. The van der Waals surface area contributed by atoms with Crippen molar-refractivity contribution in [3.8, 4) is 0 Å². The standard InChI is InChI=1S/C16H13Br2N/c17-13-8-7-11(15(18)9-13)5-6-12-10-19-16-4-2-1-3-14(12)16/h1-4,7-10,12H,5-6H2. The minimum absolute atomic E-state index is 0.451. The van der Waals surface area contributed by atoms with Crippen LogP contribution in [0.5, 0.6) is 0 Å². The van der Waals surface area contributed by atoms with Crippen LogP contribution in [0, 0.1) is 0 Å². The number of hydrogen-bond donors (Lipinski definition) is 0. The molecule has 1 heterocycles. The monoisotopic (exact) mass is 377 g/mol. The maximum absolute atomic E-state index is 4.49. The third-order valence-corrected chi connectivity index (χ3v) is 4.70. The molecule has 1 aliphatic heterocycles. The lowest BCUT2D eigenvalue weighted by atomic mass is 9.94. The van der Waals surface area contributed by atoms with Gasteiger partial charge in [0.25, 0.3) is 0 Å². The molecule has 0 saturated heterocycles. The largest absolute Gasteiger partial charge is 0.260 e. The Kier molecular flexibility index (Phi) is 3.85. The zero-order chi connectivity index (χ0) is 13.2. The number of para-hydroxylation sites is 1. The van der Waals surface area contributed by atoms with Gasteiger partial charge in [-0.3, -0.25) is 4.99 Å². The predicted octanol–water partition coefficient (Wildman–Crippen LogP) is 5.64. The summed E-state index contributed by atoms with van der Waals surface area (Å²) in [4.78, 5) is 4.49. The molecule has 2 aromatic rings. The van der Waals surface area contributed by atoms with Crippen LogP contribution in [0.25, 0.3) is 0 Å². The van der Waals surface area contributed by atoms with E-state index < -0.39 is 0 Å². The summed E-state index contributed by atoms with van der Waals surface area (Å²) in [6.07, 6.45) is 4.23. The van der Waals surface area contributed by atoms with Crippen LogP contribution in [0.4, 0.5) is 5.69 Å². The summed E-state index contributed by atoms with van der Waals surface area (Å²) in [6, 6.07) is 14.8. The molecule has 3 heteroatoms. The fraction of sp³-hybridized carbons (Fsp3) is 0.188. The Morgan fingerprint density at radius 1 is 1.05 bits per heavy atom. The molecule has 0 fully saturated rings. The van der Waals surface area contributed by atoms with Gasteiger partial charge in [-0.2, -0.15) is 0 Å². The second-order valence-corrected chi connectivity index (χ2v) is 6.49. The molecule has 19 heavy (non-hydrogen) atoms. The van der Waals surface area contributed by atoms with E-state index in [0.717, 1.165) is 23.0 Å². The number of aliphatic imine (C=N–C) groups is 1. The Hall–Kier alpha value is -0.930. The molecule has 1 nitrogen and oxygen atoms in total. The highest BCUT2D eigenvalue weighted by Gasteiger charge is 2.18. The van der Waals surface area contributed by atoms with Gasteiger partial charge in [0.1, 0.15) is 0 Å². The Morgan fingerprint density at radius 3 is 2.74 bits per heavy atom. The lowest BCUT2D eigenvalue weighted by Gasteiger charge is -2.10. The van der Waals surface area contributed by atoms with E-state index in [4.69, 9.17) is 0 Å². The third kappa shape index (κ3) is 2.82. The Labute approximate surface area is 130 Å². The highest BCUT2D eigenvalue weighted by atomic mass is 79.9. The molecule has 0 saturated carbocycles. The zero-order valence-electron chi connectivity index (χ0n) is 10.3. The fourth-order valence-corrected chi connectivity index (χ4v) is 3.68. The number of nitrogens with zero attached hydrogens (tertiary/aromatic N) is 1. The van der Waals surface area contributed by atoms with Crippen LogP contribution in [-0.2, 0) is 6.42 Å². The van der Waals surface area contributed by atoms with Crippen molar-refractivity contribution in [2.45, 2.75) is 18.8 Å². The molecule has 3 rings (SSSR count). The fourth-order valence-electron chi connectivity index (χ4n) is 2.43. The Bertz CT molecular complexity index is 634. The van der Waals surface area contributed by atoms with Crippen LogP contribution in [0.3, 0.4) is 0 Å². The molecule has 0 radical (unpaired) electrons. The van der Waals surface area contributed by atoms with Gasteiger partial charge in [0, 0.05) is 21.1 Å². The van der Waals surface area contributed by atoms with Crippen molar-refractivity contribution in [3.63, 3.8) is 0 Å². The van der Waals surface area contributed by atoms with Gasteiger partial charge < -0.3 is 0 Å². The normalized spacial score (nSPS) is 16.6. The van der Waals surface area contributed by atoms with Crippen molar-refractivity contribution in [2.75, 3.05) is 0 Å². The third-order valence-electron chi connectivity index (χ3n) is 3.47. The van der Waals surface area contributed by atoms with Crippen molar-refractivity contribution in [1.29, 1.82) is 0 Å². The van der Waals surface area contributed by atoms with E-state index in [-0.39, 0.29) is 0 Å². The van der Waals surface area contributed by atoms with E-state index in [2.05, 4.69) is 79.5 Å². The van der Waals surface area contributed by atoms with Crippen LogP contribution in [0.2, 0.25) is 0 Å². The maximum Gasteiger partial charge on any atom is 0.0664 e. The van der Waals surface area contributed by atoms with Gasteiger partial charge in [-0.15, -0.1) is 0 Å². The summed E-state index contributed by atoms with van der Waals surface area (Å²) >= 11 is 7.11. The number of benzene rings is 2. The van der Waals surface area contributed by atoms with E-state index in [1.807, 2.05) is 6.07 Å². The van der Waals surface area contributed by atoms with E-state index >= 15 is 0 Å². The first kappa shape index (κ1) is 13.1. The second kappa shape index (κ2) is 5.59. The van der Waals surface area contributed by atoms with Crippen molar-refractivity contribution >= 4 is 43.8 Å². The molecular weight excluding hydrogens is 366 g/mol. The first-order chi connectivity index (χ1) is 9.24. The average molecular weight is 379 g/mol. The Morgan fingerprint density at radius 2 is 1.89 bits per heavy atom. The highest BCUT2D eigenvalue weighted by molar-refractivity contribution is 9.11. The summed E-state index contributed by atoms with van der Waals surface area (Å²) in [5, 5.41) is 0. The quantitative estimate of drug-likeness (QED) is 0.654. The van der Waals surface area contributed by atoms with Crippen LogP contribution >= 0.6 is 31.9 Å². The minimum Gasteiger partial charge on any atom is -0.260 e. The summed E-state index contributed by atoms with van der Waals surface area (Å²) < 4.78 is 2.28. The summed E-state index contributed by atoms with van der Waals surface area (Å²) in [7, 11) is 0. The van der Waals surface area contributed by atoms with Gasteiger partial charge in [-0.1, -0.05) is 56.1 Å². The van der Waals surface area contributed by atoms with E-state index in [1.54, 1.807) is 0 Å². The van der Waals surface area contributed by atoms with Gasteiger partial charge in [0.2, 0.25) is 0 Å².